The van der Waals surface area contributed by atoms with E-state index in [4.69, 9.17) is 17.3 Å². The van der Waals surface area contributed by atoms with Crippen molar-refractivity contribution >= 4 is 44.6 Å². The van der Waals surface area contributed by atoms with E-state index in [2.05, 4.69) is 21.2 Å². The van der Waals surface area contributed by atoms with Gasteiger partial charge in [0.05, 0.1) is 16.9 Å². The third-order valence-corrected chi connectivity index (χ3v) is 3.44. The van der Waals surface area contributed by atoms with Crippen molar-refractivity contribution in [3.05, 3.63) is 51.5 Å². The van der Waals surface area contributed by atoms with Crippen LogP contribution in [0.4, 0.5) is 30.2 Å². The summed E-state index contributed by atoms with van der Waals surface area (Å²) in [7, 11) is 0. The number of nitrogen functional groups attached to an aromatic ring is 1. The maximum Gasteiger partial charge on any atom is 0.418 e. The van der Waals surface area contributed by atoms with Crippen LogP contribution in [0.1, 0.15) is 5.56 Å². The van der Waals surface area contributed by atoms with Gasteiger partial charge in [-0.2, -0.15) is 13.2 Å². The zero-order chi connectivity index (χ0) is 14.9. The van der Waals surface area contributed by atoms with Crippen LogP contribution in [0.15, 0.2) is 40.9 Å². The lowest BCUT2D eigenvalue weighted by Crippen LogP contribution is -2.09. The van der Waals surface area contributed by atoms with Crippen LogP contribution in [-0.4, -0.2) is 0 Å². The highest BCUT2D eigenvalue weighted by atomic mass is 79.9. The minimum atomic E-state index is -4.49. The second-order valence-corrected chi connectivity index (χ2v) is 5.34. The van der Waals surface area contributed by atoms with Crippen LogP contribution in [0, 0.1) is 0 Å². The minimum absolute atomic E-state index is 0.0271. The molecular formula is C13H9BrClF3N2. The molecule has 2 aromatic carbocycles. The molecule has 0 amide bonds. The van der Waals surface area contributed by atoms with E-state index in [1.165, 1.54) is 12.1 Å². The van der Waals surface area contributed by atoms with Crippen LogP contribution in [0.2, 0.25) is 5.02 Å². The maximum atomic E-state index is 13.0. The van der Waals surface area contributed by atoms with Gasteiger partial charge in [0.15, 0.2) is 0 Å². The molecule has 0 spiro atoms. The van der Waals surface area contributed by atoms with Gasteiger partial charge in [-0.15, -0.1) is 0 Å². The Hall–Kier alpha value is -1.40. The number of benzene rings is 2. The van der Waals surface area contributed by atoms with Gasteiger partial charge >= 0.3 is 6.18 Å². The van der Waals surface area contributed by atoms with E-state index in [1.807, 2.05) is 0 Å². The van der Waals surface area contributed by atoms with Gasteiger partial charge in [0.25, 0.3) is 0 Å². The van der Waals surface area contributed by atoms with Gasteiger partial charge in [-0.3, -0.25) is 0 Å². The molecule has 0 unspecified atom stereocenters. The molecule has 106 valence electrons. The lowest BCUT2D eigenvalue weighted by atomic mass is 10.1. The Balaban J connectivity index is 2.43. The SMILES string of the molecule is Nc1ccc(Nc2ccc(Cl)cc2C(F)(F)F)c(Br)c1. The molecule has 2 rings (SSSR count). The number of hydrogen-bond donors (Lipinski definition) is 2. The maximum absolute atomic E-state index is 13.0. The van der Waals surface area contributed by atoms with Crippen molar-refractivity contribution in [1.82, 2.24) is 0 Å². The highest BCUT2D eigenvalue weighted by Gasteiger charge is 2.33. The van der Waals surface area contributed by atoms with Crippen molar-refractivity contribution < 1.29 is 13.2 Å². The molecule has 0 atom stereocenters. The second-order valence-electron chi connectivity index (χ2n) is 4.05. The van der Waals surface area contributed by atoms with Crippen molar-refractivity contribution in [3.8, 4) is 0 Å². The quantitative estimate of drug-likeness (QED) is 0.695. The summed E-state index contributed by atoms with van der Waals surface area (Å²) in [4.78, 5) is 0. The molecule has 0 aliphatic rings. The van der Waals surface area contributed by atoms with E-state index in [0.717, 1.165) is 6.07 Å². The molecule has 0 aliphatic heterocycles. The van der Waals surface area contributed by atoms with Gasteiger partial charge in [-0.25, -0.2) is 0 Å². The fourth-order valence-corrected chi connectivity index (χ4v) is 2.31. The van der Waals surface area contributed by atoms with Crippen LogP contribution in [0.3, 0.4) is 0 Å². The Morgan fingerprint density at radius 3 is 2.30 bits per heavy atom. The molecule has 0 bridgehead atoms. The lowest BCUT2D eigenvalue weighted by molar-refractivity contribution is -0.136. The fraction of sp³-hybridized carbons (Fsp3) is 0.0769. The van der Waals surface area contributed by atoms with Crippen LogP contribution < -0.4 is 11.1 Å². The predicted octanol–water partition coefficient (Wildman–Crippen LogP) is 5.45. The molecule has 0 saturated carbocycles. The van der Waals surface area contributed by atoms with Crippen molar-refractivity contribution in [3.63, 3.8) is 0 Å². The van der Waals surface area contributed by atoms with E-state index < -0.39 is 11.7 Å². The van der Waals surface area contributed by atoms with Gasteiger partial charge in [0, 0.05) is 15.2 Å². The summed E-state index contributed by atoms with van der Waals surface area (Å²) in [5.41, 5.74) is 5.67. The van der Waals surface area contributed by atoms with E-state index >= 15 is 0 Å². The first-order valence-corrected chi connectivity index (χ1v) is 6.63. The highest BCUT2D eigenvalue weighted by Crippen LogP contribution is 2.38. The fourth-order valence-electron chi connectivity index (χ4n) is 1.64. The molecule has 3 N–H and O–H groups in total. The van der Waals surface area contributed by atoms with Crippen LogP contribution in [-0.2, 0) is 6.18 Å². The zero-order valence-electron chi connectivity index (χ0n) is 9.93. The van der Waals surface area contributed by atoms with Crippen LogP contribution in [0.25, 0.3) is 0 Å². The second kappa shape index (κ2) is 5.54. The monoisotopic (exact) mass is 364 g/mol. The summed E-state index contributed by atoms with van der Waals surface area (Å²) in [6, 6.07) is 8.35. The van der Waals surface area contributed by atoms with Gasteiger partial charge in [0.2, 0.25) is 0 Å². The number of anilines is 3. The molecule has 20 heavy (non-hydrogen) atoms. The van der Waals surface area contributed by atoms with Crippen molar-refractivity contribution in [2.24, 2.45) is 0 Å². The van der Waals surface area contributed by atoms with Crippen molar-refractivity contribution in [2.45, 2.75) is 6.18 Å². The third kappa shape index (κ3) is 3.37. The highest BCUT2D eigenvalue weighted by molar-refractivity contribution is 9.10. The summed E-state index contributed by atoms with van der Waals surface area (Å²) in [6.07, 6.45) is -4.49. The van der Waals surface area contributed by atoms with E-state index in [1.54, 1.807) is 18.2 Å². The smallest absolute Gasteiger partial charge is 0.399 e. The molecule has 2 aromatic rings. The normalized spacial score (nSPS) is 11.4. The Morgan fingerprint density at radius 2 is 1.70 bits per heavy atom. The van der Waals surface area contributed by atoms with Gasteiger partial charge < -0.3 is 11.1 Å². The Bertz CT molecular complexity index is 644. The molecule has 0 aromatic heterocycles. The Labute approximate surface area is 126 Å². The largest absolute Gasteiger partial charge is 0.418 e. The third-order valence-electron chi connectivity index (χ3n) is 2.55. The van der Waals surface area contributed by atoms with Gasteiger partial charge in [-0.05, 0) is 52.3 Å². The summed E-state index contributed by atoms with van der Waals surface area (Å²) >= 11 is 8.87. The summed E-state index contributed by atoms with van der Waals surface area (Å²) in [5, 5.41) is 2.75. The van der Waals surface area contributed by atoms with Crippen molar-refractivity contribution in [2.75, 3.05) is 11.1 Å². The molecular weight excluding hydrogens is 357 g/mol. The lowest BCUT2D eigenvalue weighted by Gasteiger charge is -2.16. The number of rotatable bonds is 2. The minimum Gasteiger partial charge on any atom is -0.399 e. The molecule has 0 heterocycles. The number of hydrogen-bond acceptors (Lipinski definition) is 2. The van der Waals surface area contributed by atoms with Gasteiger partial charge in [-0.1, -0.05) is 11.6 Å². The van der Waals surface area contributed by atoms with E-state index in [0.29, 0.717) is 15.8 Å². The first kappa shape index (κ1) is 15.0. The average molecular weight is 366 g/mol. The number of nitrogens with one attached hydrogen (secondary N) is 1. The van der Waals surface area contributed by atoms with Gasteiger partial charge in [0.1, 0.15) is 0 Å². The molecule has 0 saturated heterocycles. The molecule has 2 nitrogen and oxygen atoms in total. The molecule has 0 aliphatic carbocycles. The topological polar surface area (TPSA) is 38.0 Å². The standard InChI is InChI=1S/C13H9BrClF3N2/c14-10-6-8(19)2-4-12(10)20-11-3-1-7(15)5-9(11)13(16,17)18/h1-6,20H,19H2. The first-order valence-electron chi connectivity index (χ1n) is 5.46. The van der Waals surface area contributed by atoms with Crippen LogP contribution >= 0.6 is 27.5 Å². The van der Waals surface area contributed by atoms with Crippen molar-refractivity contribution in [1.29, 1.82) is 0 Å². The summed E-state index contributed by atoms with van der Waals surface area (Å²) in [6.45, 7) is 0. The molecule has 0 fully saturated rings. The number of halogens is 5. The van der Waals surface area contributed by atoms with Crippen LogP contribution in [0.5, 0.6) is 0 Å². The van der Waals surface area contributed by atoms with E-state index in [9.17, 15) is 13.2 Å². The number of alkyl halides is 3. The first-order chi connectivity index (χ1) is 9.27. The Morgan fingerprint density at radius 1 is 1.05 bits per heavy atom. The Kier molecular flexibility index (Phi) is 4.15. The average Bonchev–Trinajstić information content (AvgIpc) is 2.33. The summed E-state index contributed by atoms with van der Waals surface area (Å²) in [5.74, 6) is 0. The molecule has 0 radical (unpaired) electrons. The van der Waals surface area contributed by atoms with E-state index in [-0.39, 0.29) is 10.7 Å². The number of nitrogens with two attached hydrogens (primary N) is 1. The predicted molar refractivity (Wildman–Crippen MR) is 78.3 cm³/mol. The molecule has 7 heteroatoms. The summed E-state index contributed by atoms with van der Waals surface area (Å²) < 4.78 is 39.5. The zero-order valence-corrected chi connectivity index (χ0v) is 12.3.